The fourth-order valence-electron chi connectivity index (χ4n) is 2.21. The lowest BCUT2D eigenvalue weighted by Gasteiger charge is -2.25. The minimum Gasteiger partial charge on any atom is -0.495 e. The van der Waals surface area contributed by atoms with Crippen LogP contribution in [0, 0.1) is 0 Å². The Labute approximate surface area is 154 Å². The van der Waals surface area contributed by atoms with Crippen LogP contribution >= 0.6 is 24.0 Å². The number of para-hydroxylation sites is 2. The van der Waals surface area contributed by atoms with Gasteiger partial charge in [0.1, 0.15) is 5.75 Å². The number of nitrogens with one attached hydrogen (secondary N) is 1. The summed E-state index contributed by atoms with van der Waals surface area (Å²) in [5.41, 5.74) is 6.62. The Bertz CT molecular complexity index is 623. The second-order valence-electron chi connectivity index (χ2n) is 5.09. The van der Waals surface area contributed by atoms with E-state index < -0.39 is 9.84 Å². The fourth-order valence-corrected chi connectivity index (χ4v) is 3.49. The summed E-state index contributed by atoms with van der Waals surface area (Å²) >= 11 is 0. The van der Waals surface area contributed by atoms with Crippen LogP contribution in [0.25, 0.3) is 0 Å². The van der Waals surface area contributed by atoms with E-state index in [0.29, 0.717) is 37.9 Å². The summed E-state index contributed by atoms with van der Waals surface area (Å²) in [5, 5.41) is 3.00. The first kappa shape index (κ1) is 20.0. The summed E-state index contributed by atoms with van der Waals surface area (Å²) in [7, 11) is -1.24. The largest absolute Gasteiger partial charge is 0.495 e. The number of aliphatic imine (C=N–C) groups is 1. The van der Waals surface area contributed by atoms with Crippen molar-refractivity contribution in [3.05, 3.63) is 24.3 Å². The number of guanidine groups is 1. The maximum atomic E-state index is 11.3. The minimum atomic E-state index is -2.83. The molecule has 0 spiro atoms. The molecule has 1 saturated heterocycles. The lowest BCUT2D eigenvalue weighted by Crippen LogP contribution is -2.41. The monoisotopic (exact) mass is 454 g/mol. The van der Waals surface area contributed by atoms with Gasteiger partial charge in [0.15, 0.2) is 15.8 Å². The van der Waals surface area contributed by atoms with Gasteiger partial charge in [-0.05, 0) is 12.1 Å². The van der Waals surface area contributed by atoms with E-state index in [1.807, 2.05) is 24.3 Å². The highest BCUT2D eigenvalue weighted by molar-refractivity contribution is 14.0. The van der Waals surface area contributed by atoms with E-state index in [1.54, 1.807) is 7.11 Å². The normalized spacial score (nSPS) is 18.0. The van der Waals surface area contributed by atoms with Gasteiger partial charge < -0.3 is 15.8 Å². The second kappa shape index (κ2) is 9.28. The third kappa shape index (κ3) is 6.51. The van der Waals surface area contributed by atoms with Crippen molar-refractivity contribution in [2.45, 2.75) is 0 Å². The van der Waals surface area contributed by atoms with Gasteiger partial charge in [-0.3, -0.25) is 9.89 Å². The van der Waals surface area contributed by atoms with Gasteiger partial charge in [0.25, 0.3) is 0 Å². The lowest BCUT2D eigenvalue weighted by molar-refractivity contribution is 0.304. The van der Waals surface area contributed by atoms with Crippen molar-refractivity contribution in [2.24, 2.45) is 10.7 Å². The van der Waals surface area contributed by atoms with E-state index in [9.17, 15) is 8.42 Å². The summed E-state index contributed by atoms with van der Waals surface area (Å²) in [5.74, 6) is 1.47. The molecule has 0 atom stereocenters. The summed E-state index contributed by atoms with van der Waals surface area (Å²) in [6, 6.07) is 7.45. The molecule has 0 bridgehead atoms. The van der Waals surface area contributed by atoms with Gasteiger partial charge in [-0.15, -0.1) is 24.0 Å². The molecule has 0 radical (unpaired) electrons. The SMILES string of the molecule is COc1ccccc1NC(N)=NCCN1CCS(=O)(=O)CC1.I. The van der Waals surface area contributed by atoms with Crippen LogP contribution in [0.1, 0.15) is 0 Å². The van der Waals surface area contributed by atoms with E-state index >= 15 is 0 Å². The lowest BCUT2D eigenvalue weighted by atomic mass is 10.3. The first-order valence-electron chi connectivity index (χ1n) is 7.13. The molecule has 0 unspecified atom stereocenters. The number of ether oxygens (including phenoxy) is 1. The zero-order chi connectivity index (χ0) is 16.0. The zero-order valence-electron chi connectivity index (χ0n) is 13.1. The zero-order valence-corrected chi connectivity index (χ0v) is 16.2. The Hall–Kier alpha value is -1.07. The first-order chi connectivity index (χ1) is 10.5. The molecular weight excluding hydrogens is 431 g/mol. The number of hydrogen-bond acceptors (Lipinski definition) is 5. The second-order valence-corrected chi connectivity index (χ2v) is 7.39. The van der Waals surface area contributed by atoms with E-state index in [-0.39, 0.29) is 35.5 Å². The number of rotatable bonds is 5. The number of sulfone groups is 1. The molecule has 1 aromatic carbocycles. The molecule has 2 rings (SSSR count). The van der Waals surface area contributed by atoms with Gasteiger partial charge in [0.05, 0.1) is 30.8 Å². The quantitative estimate of drug-likeness (QED) is 0.388. The van der Waals surface area contributed by atoms with Crippen molar-refractivity contribution in [2.75, 3.05) is 50.1 Å². The van der Waals surface area contributed by atoms with Crippen molar-refractivity contribution in [1.82, 2.24) is 4.90 Å². The van der Waals surface area contributed by atoms with E-state index in [4.69, 9.17) is 10.5 Å². The average molecular weight is 454 g/mol. The third-order valence-electron chi connectivity index (χ3n) is 3.51. The van der Waals surface area contributed by atoms with Crippen LogP contribution in [-0.4, -0.2) is 64.1 Å². The Kier molecular flexibility index (Phi) is 8.06. The number of halogens is 1. The van der Waals surface area contributed by atoms with Crippen LogP contribution in [0.4, 0.5) is 5.69 Å². The minimum absolute atomic E-state index is 0. The third-order valence-corrected chi connectivity index (χ3v) is 5.11. The molecule has 0 saturated carbocycles. The Morgan fingerprint density at radius 2 is 2.00 bits per heavy atom. The summed E-state index contributed by atoms with van der Waals surface area (Å²) in [6.45, 7) is 2.35. The maximum Gasteiger partial charge on any atom is 0.193 e. The molecule has 1 aromatic rings. The molecule has 1 heterocycles. The van der Waals surface area contributed by atoms with Crippen LogP contribution in [0.5, 0.6) is 5.75 Å². The van der Waals surface area contributed by atoms with E-state index in [2.05, 4.69) is 15.2 Å². The summed E-state index contributed by atoms with van der Waals surface area (Å²) < 4.78 is 27.9. The van der Waals surface area contributed by atoms with Crippen molar-refractivity contribution in [1.29, 1.82) is 0 Å². The fraction of sp³-hybridized carbons (Fsp3) is 0.500. The maximum absolute atomic E-state index is 11.3. The van der Waals surface area contributed by atoms with E-state index in [1.165, 1.54) is 0 Å². The average Bonchev–Trinajstić information content (AvgIpc) is 2.49. The van der Waals surface area contributed by atoms with Crippen LogP contribution in [0.3, 0.4) is 0 Å². The molecule has 7 nitrogen and oxygen atoms in total. The number of benzene rings is 1. The molecule has 23 heavy (non-hydrogen) atoms. The molecular formula is C14H23IN4O3S. The van der Waals surface area contributed by atoms with E-state index in [0.717, 1.165) is 5.69 Å². The molecule has 1 aliphatic heterocycles. The van der Waals surface area contributed by atoms with Gasteiger partial charge in [0, 0.05) is 19.6 Å². The standard InChI is InChI=1S/C14H22N4O3S.HI/c1-21-13-5-3-2-4-12(13)17-14(15)16-6-7-18-8-10-22(19,20)11-9-18;/h2-5H,6-11H2,1H3,(H3,15,16,17);1H. The van der Waals surface area contributed by atoms with Gasteiger partial charge in [-0.25, -0.2) is 8.42 Å². The number of methoxy groups -OCH3 is 1. The molecule has 9 heteroatoms. The summed E-state index contributed by atoms with van der Waals surface area (Å²) in [4.78, 5) is 6.35. The molecule has 3 N–H and O–H groups in total. The first-order valence-corrected chi connectivity index (χ1v) is 8.95. The molecule has 130 valence electrons. The highest BCUT2D eigenvalue weighted by Crippen LogP contribution is 2.22. The van der Waals surface area contributed by atoms with Gasteiger partial charge in [-0.2, -0.15) is 0 Å². The molecule has 0 amide bonds. The Morgan fingerprint density at radius 1 is 1.35 bits per heavy atom. The van der Waals surface area contributed by atoms with Crippen molar-refractivity contribution in [3.8, 4) is 5.75 Å². The highest BCUT2D eigenvalue weighted by Gasteiger charge is 2.20. The molecule has 1 fully saturated rings. The predicted octanol–water partition coefficient (Wildman–Crippen LogP) is 0.770. The Morgan fingerprint density at radius 3 is 2.65 bits per heavy atom. The van der Waals surface area contributed by atoms with Crippen molar-refractivity contribution >= 4 is 45.5 Å². The smallest absolute Gasteiger partial charge is 0.193 e. The number of nitrogens with two attached hydrogens (primary N) is 1. The predicted molar refractivity (Wildman–Crippen MR) is 104 cm³/mol. The van der Waals surface area contributed by atoms with Crippen LogP contribution in [-0.2, 0) is 9.84 Å². The van der Waals surface area contributed by atoms with Crippen LogP contribution in [0.15, 0.2) is 29.3 Å². The summed E-state index contributed by atoms with van der Waals surface area (Å²) in [6.07, 6.45) is 0. The van der Waals surface area contributed by atoms with Gasteiger partial charge >= 0.3 is 0 Å². The Balaban J connectivity index is 0.00000264. The number of nitrogens with zero attached hydrogens (tertiary/aromatic N) is 2. The number of anilines is 1. The number of hydrogen-bond donors (Lipinski definition) is 2. The van der Waals surface area contributed by atoms with Crippen molar-refractivity contribution in [3.63, 3.8) is 0 Å². The van der Waals surface area contributed by atoms with Crippen LogP contribution in [0.2, 0.25) is 0 Å². The molecule has 1 aliphatic rings. The highest BCUT2D eigenvalue weighted by atomic mass is 127. The van der Waals surface area contributed by atoms with Gasteiger partial charge in [-0.1, -0.05) is 12.1 Å². The van der Waals surface area contributed by atoms with Gasteiger partial charge in [0.2, 0.25) is 0 Å². The topological polar surface area (TPSA) is 97.0 Å². The molecule has 0 aliphatic carbocycles. The van der Waals surface area contributed by atoms with Crippen molar-refractivity contribution < 1.29 is 13.2 Å². The van der Waals surface area contributed by atoms with Crippen LogP contribution < -0.4 is 15.8 Å². The molecule has 0 aromatic heterocycles.